The molecule has 0 aromatic heterocycles. The molecule has 2 atom stereocenters. The molecule has 0 bridgehead atoms. The molecule has 5 nitrogen and oxygen atoms in total. The molecule has 0 heterocycles. The standard InChI is InChI=1S/C29H33ClN2O3/c1-6-21(23-10-11-26(30)17(2)12-23)16-31-25-9-7-8-22(15-25)24-13-18(3)27(19(4)14-24)28(33)32-20(5)29(34)35/h7-15,20-21,31H,6,16H2,1-5H3,(H,32,33)(H,34,35)/t20-,21-/m0/s1. The lowest BCUT2D eigenvalue weighted by atomic mass is 9.94. The lowest BCUT2D eigenvalue weighted by Crippen LogP contribution is -2.38. The van der Waals surface area contributed by atoms with Crippen molar-refractivity contribution in [2.24, 2.45) is 0 Å². The first-order valence-corrected chi connectivity index (χ1v) is 12.2. The minimum atomic E-state index is -1.06. The molecule has 0 spiro atoms. The Labute approximate surface area is 212 Å². The molecule has 3 rings (SSSR count). The molecule has 0 aliphatic carbocycles. The van der Waals surface area contributed by atoms with Crippen LogP contribution in [-0.2, 0) is 4.79 Å². The highest BCUT2D eigenvalue weighted by Crippen LogP contribution is 2.29. The highest BCUT2D eigenvalue weighted by atomic mass is 35.5. The summed E-state index contributed by atoms with van der Waals surface area (Å²) >= 11 is 6.20. The van der Waals surface area contributed by atoms with Crippen LogP contribution in [0.2, 0.25) is 5.02 Å². The van der Waals surface area contributed by atoms with Gasteiger partial charge in [-0.05, 0) is 85.7 Å². The van der Waals surface area contributed by atoms with Gasteiger partial charge in [0.25, 0.3) is 5.91 Å². The largest absolute Gasteiger partial charge is 0.480 e. The second-order valence-corrected chi connectivity index (χ2v) is 9.50. The Morgan fingerprint density at radius 3 is 2.23 bits per heavy atom. The van der Waals surface area contributed by atoms with E-state index in [1.165, 1.54) is 12.5 Å². The fraction of sp³-hybridized carbons (Fsp3) is 0.310. The maximum atomic E-state index is 12.6. The molecule has 35 heavy (non-hydrogen) atoms. The van der Waals surface area contributed by atoms with Gasteiger partial charge < -0.3 is 15.7 Å². The van der Waals surface area contributed by atoms with E-state index in [1.54, 1.807) is 0 Å². The number of benzene rings is 3. The number of carbonyl (C=O) groups is 2. The number of aliphatic carboxylic acids is 1. The number of hydrogen-bond acceptors (Lipinski definition) is 3. The van der Waals surface area contributed by atoms with E-state index in [0.717, 1.165) is 51.5 Å². The van der Waals surface area contributed by atoms with Crippen LogP contribution in [0.4, 0.5) is 5.69 Å². The van der Waals surface area contributed by atoms with Gasteiger partial charge >= 0.3 is 5.97 Å². The van der Waals surface area contributed by atoms with E-state index in [2.05, 4.69) is 41.8 Å². The van der Waals surface area contributed by atoms with Crippen molar-refractivity contribution < 1.29 is 14.7 Å². The summed E-state index contributed by atoms with van der Waals surface area (Å²) in [4.78, 5) is 23.7. The first-order valence-electron chi connectivity index (χ1n) is 11.9. The number of amides is 1. The van der Waals surface area contributed by atoms with Gasteiger partial charge in [-0.2, -0.15) is 0 Å². The molecule has 0 unspecified atom stereocenters. The molecular formula is C29H33ClN2O3. The maximum Gasteiger partial charge on any atom is 0.325 e. The third-order valence-corrected chi connectivity index (χ3v) is 6.80. The summed E-state index contributed by atoms with van der Waals surface area (Å²) in [5.41, 5.74) is 7.56. The van der Waals surface area contributed by atoms with Gasteiger partial charge in [-0.15, -0.1) is 0 Å². The Morgan fingerprint density at radius 2 is 1.63 bits per heavy atom. The molecule has 0 fully saturated rings. The number of anilines is 1. The number of carboxylic acids is 1. The monoisotopic (exact) mass is 492 g/mol. The fourth-order valence-electron chi connectivity index (χ4n) is 4.29. The zero-order valence-electron chi connectivity index (χ0n) is 20.9. The van der Waals surface area contributed by atoms with E-state index in [9.17, 15) is 9.59 Å². The summed E-state index contributed by atoms with van der Waals surface area (Å²) in [6.07, 6.45) is 1.01. The van der Waals surface area contributed by atoms with Crippen molar-refractivity contribution >= 4 is 29.2 Å². The highest BCUT2D eigenvalue weighted by molar-refractivity contribution is 6.31. The minimum absolute atomic E-state index is 0.366. The van der Waals surface area contributed by atoms with Crippen LogP contribution in [0.15, 0.2) is 54.6 Å². The zero-order chi connectivity index (χ0) is 25.7. The maximum absolute atomic E-state index is 12.6. The van der Waals surface area contributed by atoms with Crippen LogP contribution in [-0.4, -0.2) is 29.6 Å². The molecule has 0 saturated heterocycles. The SMILES string of the molecule is CC[C@@H](CNc1cccc(-c2cc(C)c(C(=O)N[C@@H](C)C(=O)O)c(C)c2)c1)c1ccc(Cl)c(C)c1. The molecule has 0 radical (unpaired) electrons. The number of carboxylic acid groups (broad SMARTS) is 1. The Morgan fingerprint density at radius 1 is 0.943 bits per heavy atom. The third-order valence-electron chi connectivity index (χ3n) is 6.37. The lowest BCUT2D eigenvalue weighted by molar-refractivity contribution is -0.138. The first-order chi connectivity index (χ1) is 16.6. The van der Waals surface area contributed by atoms with Gasteiger partial charge in [0.1, 0.15) is 6.04 Å². The zero-order valence-corrected chi connectivity index (χ0v) is 21.7. The second kappa shape index (κ2) is 11.4. The molecule has 0 aliphatic heterocycles. The van der Waals surface area contributed by atoms with Crippen molar-refractivity contribution in [1.29, 1.82) is 0 Å². The van der Waals surface area contributed by atoms with Gasteiger partial charge in [0.2, 0.25) is 0 Å². The number of nitrogens with one attached hydrogen (secondary N) is 2. The van der Waals surface area contributed by atoms with Crippen LogP contribution < -0.4 is 10.6 Å². The van der Waals surface area contributed by atoms with Crippen molar-refractivity contribution in [1.82, 2.24) is 5.32 Å². The lowest BCUT2D eigenvalue weighted by Gasteiger charge is -2.19. The van der Waals surface area contributed by atoms with Gasteiger partial charge in [0.05, 0.1) is 0 Å². The number of aryl methyl sites for hydroxylation is 3. The molecule has 0 aliphatic rings. The molecule has 3 aromatic carbocycles. The number of hydrogen-bond donors (Lipinski definition) is 3. The van der Waals surface area contributed by atoms with Crippen LogP contribution in [0.1, 0.15) is 58.8 Å². The summed E-state index contributed by atoms with van der Waals surface area (Å²) in [7, 11) is 0. The molecule has 3 aromatic rings. The van der Waals surface area contributed by atoms with Crippen molar-refractivity contribution in [2.75, 3.05) is 11.9 Å². The van der Waals surface area contributed by atoms with Crippen LogP contribution in [0, 0.1) is 20.8 Å². The summed E-state index contributed by atoms with van der Waals surface area (Å²) in [5.74, 6) is -1.07. The van der Waals surface area contributed by atoms with Crippen LogP contribution in [0.5, 0.6) is 0 Å². The molecular weight excluding hydrogens is 460 g/mol. The van der Waals surface area contributed by atoms with Crippen molar-refractivity contribution in [3.8, 4) is 11.1 Å². The average Bonchev–Trinajstić information content (AvgIpc) is 2.81. The van der Waals surface area contributed by atoms with Gasteiger partial charge in [0.15, 0.2) is 0 Å². The average molecular weight is 493 g/mol. The minimum Gasteiger partial charge on any atom is -0.480 e. The van der Waals surface area contributed by atoms with E-state index in [1.807, 2.05) is 51.1 Å². The summed E-state index contributed by atoms with van der Waals surface area (Å²) in [6, 6.07) is 17.4. The van der Waals surface area contributed by atoms with Crippen molar-refractivity contribution in [2.45, 2.75) is 53.0 Å². The predicted octanol–water partition coefficient (Wildman–Crippen LogP) is 6.74. The van der Waals surface area contributed by atoms with E-state index >= 15 is 0 Å². The Bertz CT molecular complexity index is 1220. The van der Waals surface area contributed by atoms with Crippen LogP contribution in [0.25, 0.3) is 11.1 Å². The van der Waals surface area contributed by atoms with Crippen molar-refractivity contribution in [3.05, 3.63) is 87.4 Å². The normalized spacial score (nSPS) is 12.6. The summed E-state index contributed by atoms with van der Waals surface area (Å²) in [6.45, 7) is 10.2. The molecule has 6 heteroatoms. The summed E-state index contributed by atoms with van der Waals surface area (Å²) in [5, 5.41) is 16.0. The summed E-state index contributed by atoms with van der Waals surface area (Å²) < 4.78 is 0. The molecule has 0 saturated carbocycles. The van der Waals surface area contributed by atoms with E-state index < -0.39 is 12.0 Å². The van der Waals surface area contributed by atoms with Crippen LogP contribution in [0.3, 0.4) is 0 Å². The van der Waals surface area contributed by atoms with Crippen molar-refractivity contribution in [3.63, 3.8) is 0 Å². The Kier molecular flexibility index (Phi) is 8.57. The second-order valence-electron chi connectivity index (χ2n) is 9.09. The van der Waals surface area contributed by atoms with Gasteiger partial charge in [0, 0.05) is 28.7 Å². The first kappa shape index (κ1) is 26.3. The fourth-order valence-corrected chi connectivity index (χ4v) is 4.41. The van der Waals surface area contributed by atoms with E-state index in [-0.39, 0.29) is 5.91 Å². The Hall–Kier alpha value is -3.31. The number of rotatable bonds is 9. The predicted molar refractivity (Wildman–Crippen MR) is 144 cm³/mol. The molecule has 1 amide bonds. The van der Waals surface area contributed by atoms with E-state index in [0.29, 0.717) is 11.5 Å². The van der Waals surface area contributed by atoms with E-state index in [4.69, 9.17) is 16.7 Å². The number of halogens is 1. The smallest absolute Gasteiger partial charge is 0.325 e. The quantitative estimate of drug-likeness (QED) is 0.309. The number of carbonyl (C=O) groups excluding carboxylic acids is 1. The molecule has 3 N–H and O–H groups in total. The Balaban J connectivity index is 1.78. The third kappa shape index (κ3) is 6.43. The van der Waals surface area contributed by atoms with Gasteiger partial charge in [-0.25, -0.2) is 0 Å². The topological polar surface area (TPSA) is 78.4 Å². The van der Waals surface area contributed by atoms with Gasteiger partial charge in [-0.1, -0.05) is 54.9 Å². The van der Waals surface area contributed by atoms with Crippen LogP contribution >= 0.6 is 11.6 Å². The van der Waals surface area contributed by atoms with Gasteiger partial charge in [-0.3, -0.25) is 9.59 Å². The molecule has 184 valence electrons. The highest BCUT2D eigenvalue weighted by Gasteiger charge is 2.19.